The maximum absolute atomic E-state index is 12.9. The Balaban J connectivity index is 1.57. The lowest BCUT2D eigenvalue weighted by Crippen LogP contribution is -2.61. The summed E-state index contributed by atoms with van der Waals surface area (Å²) in [5, 5.41) is 16.0. The molecule has 9 nitrogen and oxygen atoms in total. The van der Waals surface area contributed by atoms with E-state index in [1.165, 1.54) is 0 Å². The number of H-pyrrole nitrogens is 1. The number of carbonyl (C=O) groups excluding carboxylic acids is 1. The van der Waals surface area contributed by atoms with Gasteiger partial charge in [-0.3, -0.25) is 19.6 Å². The first kappa shape index (κ1) is 16.5. The Kier molecular flexibility index (Phi) is 3.84. The van der Waals surface area contributed by atoms with Gasteiger partial charge in [-0.25, -0.2) is 8.42 Å². The molecule has 2 atom stereocenters. The van der Waals surface area contributed by atoms with Crippen LogP contribution in [0.15, 0.2) is 6.07 Å². The summed E-state index contributed by atoms with van der Waals surface area (Å²) in [5.41, 5.74) is 1.25. The number of fused-ring (bicyclic) bond motifs is 1. The Morgan fingerprint density at radius 3 is 2.64 bits per heavy atom. The molecular formula is C15H20N4O5S. The van der Waals surface area contributed by atoms with Crippen LogP contribution in [-0.2, 0) is 14.6 Å². The number of aromatic amines is 1. The standard InChI is InChI=1S/C15H20N4O5S/c20-14(21)6-18-3-4-19(13-8-25(23,24)7-12(13)18)15(22)11-5-10(16-17-11)9-1-2-9/h5,9,12-13H,1-4,6-8H2,(H,16,17)(H,20,21)/t12-,13+/m0/s1. The highest BCUT2D eigenvalue weighted by Crippen LogP contribution is 2.39. The molecule has 1 aromatic rings. The van der Waals surface area contributed by atoms with Gasteiger partial charge in [-0.15, -0.1) is 0 Å². The van der Waals surface area contributed by atoms with Gasteiger partial charge in [0.2, 0.25) is 0 Å². The third kappa shape index (κ3) is 3.15. The van der Waals surface area contributed by atoms with Crippen LogP contribution in [0.5, 0.6) is 0 Å². The summed E-state index contributed by atoms with van der Waals surface area (Å²) in [6, 6.07) is 0.759. The molecule has 3 fully saturated rings. The molecule has 1 amide bonds. The Morgan fingerprint density at radius 1 is 1.24 bits per heavy atom. The molecule has 0 bridgehead atoms. The molecule has 3 aliphatic rings. The first-order chi connectivity index (χ1) is 11.8. The summed E-state index contributed by atoms with van der Waals surface area (Å²) < 4.78 is 24.2. The topological polar surface area (TPSA) is 124 Å². The van der Waals surface area contributed by atoms with E-state index in [0.717, 1.165) is 18.5 Å². The van der Waals surface area contributed by atoms with Crippen molar-refractivity contribution in [2.24, 2.45) is 0 Å². The predicted octanol–water partition coefficient (Wildman–Crippen LogP) is -0.705. The lowest BCUT2D eigenvalue weighted by molar-refractivity contribution is -0.139. The Bertz CT molecular complexity index is 816. The van der Waals surface area contributed by atoms with Crippen molar-refractivity contribution in [2.45, 2.75) is 30.8 Å². The normalized spacial score (nSPS) is 28.7. The van der Waals surface area contributed by atoms with E-state index >= 15 is 0 Å². The van der Waals surface area contributed by atoms with Gasteiger partial charge < -0.3 is 10.0 Å². The lowest BCUT2D eigenvalue weighted by Gasteiger charge is -2.42. The number of carboxylic acids is 1. The Labute approximate surface area is 144 Å². The Hall–Kier alpha value is -1.94. The third-order valence-corrected chi connectivity index (χ3v) is 6.92. The largest absolute Gasteiger partial charge is 0.480 e. The molecule has 4 rings (SSSR count). The number of carbonyl (C=O) groups is 2. The zero-order chi connectivity index (χ0) is 17.8. The number of piperazine rings is 1. The summed E-state index contributed by atoms with van der Waals surface area (Å²) >= 11 is 0. The summed E-state index contributed by atoms with van der Waals surface area (Å²) in [7, 11) is -3.30. The summed E-state index contributed by atoms with van der Waals surface area (Å²) in [6.45, 7) is 0.427. The minimum atomic E-state index is -3.30. The molecule has 1 saturated carbocycles. The molecule has 1 aliphatic carbocycles. The van der Waals surface area contributed by atoms with Crippen molar-refractivity contribution in [3.63, 3.8) is 0 Å². The van der Waals surface area contributed by atoms with E-state index in [-0.39, 0.29) is 24.0 Å². The van der Waals surface area contributed by atoms with Gasteiger partial charge in [-0.1, -0.05) is 0 Å². The van der Waals surface area contributed by atoms with Crippen LogP contribution in [0.2, 0.25) is 0 Å². The van der Waals surface area contributed by atoms with Crippen LogP contribution in [0.3, 0.4) is 0 Å². The second-order valence-electron chi connectivity index (χ2n) is 7.06. The third-order valence-electron chi connectivity index (χ3n) is 5.22. The number of nitrogens with one attached hydrogen (secondary N) is 1. The molecule has 0 spiro atoms. The number of aliphatic carboxylic acids is 1. The molecule has 2 saturated heterocycles. The van der Waals surface area contributed by atoms with Gasteiger partial charge in [0.25, 0.3) is 5.91 Å². The Morgan fingerprint density at radius 2 is 1.96 bits per heavy atom. The van der Waals surface area contributed by atoms with Crippen molar-refractivity contribution < 1.29 is 23.1 Å². The molecule has 25 heavy (non-hydrogen) atoms. The van der Waals surface area contributed by atoms with E-state index in [1.807, 2.05) is 0 Å². The highest BCUT2D eigenvalue weighted by atomic mass is 32.2. The van der Waals surface area contributed by atoms with Crippen molar-refractivity contribution in [1.82, 2.24) is 20.0 Å². The maximum atomic E-state index is 12.9. The van der Waals surface area contributed by atoms with E-state index in [9.17, 15) is 18.0 Å². The first-order valence-corrected chi connectivity index (χ1v) is 10.2. The monoisotopic (exact) mass is 368 g/mol. The van der Waals surface area contributed by atoms with E-state index in [1.54, 1.807) is 15.9 Å². The fourth-order valence-corrected chi connectivity index (χ4v) is 5.86. The number of carboxylic acid groups (broad SMARTS) is 1. The minimum Gasteiger partial charge on any atom is -0.480 e. The van der Waals surface area contributed by atoms with Gasteiger partial charge in [-0.05, 0) is 18.9 Å². The molecule has 10 heteroatoms. The molecule has 2 N–H and O–H groups in total. The average molecular weight is 368 g/mol. The molecule has 3 heterocycles. The van der Waals surface area contributed by atoms with E-state index < -0.39 is 27.9 Å². The van der Waals surface area contributed by atoms with Crippen LogP contribution in [0.1, 0.15) is 34.9 Å². The molecule has 1 aromatic heterocycles. The van der Waals surface area contributed by atoms with Gasteiger partial charge in [0.1, 0.15) is 5.69 Å². The lowest BCUT2D eigenvalue weighted by atomic mass is 10.0. The fourth-order valence-electron chi connectivity index (χ4n) is 3.84. The average Bonchev–Trinajstić information content (AvgIpc) is 3.16. The van der Waals surface area contributed by atoms with Crippen LogP contribution in [0, 0.1) is 0 Å². The van der Waals surface area contributed by atoms with Gasteiger partial charge in [0.15, 0.2) is 9.84 Å². The number of aromatic nitrogens is 2. The SMILES string of the molecule is O=C(O)CN1CCN(C(=O)c2cc(C3CC3)[nH]n2)[C@@H]2CS(=O)(=O)C[C@@H]21. The van der Waals surface area contributed by atoms with Gasteiger partial charge >= 0.3 is 5.97 Å². The zero-order valence-electron chi connectivity index (χ0n) is 13.6. The van der Waals surface area contributed by atoms with Gasteiger partial charge in [0.05, 0.1) is 24.1 Å². The highest BCUT2D eigenvalue weighted by Gasteiger charge is 2.48. The fraction of sp³-hybridized carbons (Fsp3) is 0.667. The van der Waals surface area contributed by atoms with Crippen LogP contribution in [-0.4, -0.2) is 88.6 Å². The maximum Gasteiger partial charge on any atom is 0.317 e. The second kappa shape index (κ2) is 5.80. The number of hydrogen-bond acceptors (Lipinski definition) is 6. The first-order valence-electron chi connectivity index (χ1n) is 8.36. The summed E-state index contributed by atoms with van der Waals surface area (Å²) in [6.07, 6.45) is 2.18. The van der Waals surface area contributed by atoms with Crippen LogP contribution in [0.25, 0.3) is 0 Å². The van der Waals surface area contributed by atoms with Gasteiger partial charge in [-0.2, -0.15) is 5.10 Å². The van der Waals surface area contributed by atoms with E-state index in [0.29, 0.717) is 24.7 Å². The second-order valence-corrected chi connectivity index (χ2v) is 9.21. The van der Waals surface area contributed by atoms with E-state index in [2.05, 4.69) is 10.2 Å². The van der Waals surface area contributed by atoms with Crippen molar-refractivity contribution in [1.29, 1.82) is 0 Å². The predicted molar refractivity (Wildman–Crippen MR) is 87.0 cm³/mol. The van der Waals surface area contributed by atoms with Crippen LogP contribution >= 0.6 is 0 Å². The van der Waals surface area contributed by atoms with Crippen LogP contribution < -0.4 is 0 Å². The molecule has 0 radical (unpaired) electrons. The number of rotatable bonds is 4. The summed E-state index contributed by atoms with van der Waals surface area (Å²) in [4.78, 5) is 27.1. The van der Waals surface area contributed by atoms with Gasteiger partial charge in [0, 0.05) is 30.7 Å². The number of nitrogens with zero attached hydrogens (tertiary/aromatic N) is 3. The highest BCUT2D eigenvalue weighted by molar-refractivity contribution is 7.91. The minimum absolute atomic E-state index is 0.109. The van der Waals surface area contributed by atoms with Crippen LogP contribution in [0.4, 0.5) is 0 Å². The van der Waals surface area contributed by atoms with Crippen molar-refractivity contribution in [2.75, 3.05) is 31.1 Å². The number of sulfone groups is 1. The molecular weight excluding hydrogens is 348 g/mol. The van der Waals surface area contributed by atoms with Crippen molar-refractivity contribution in [3.05, 3.63) is 17.5 Å². The molecule has 136 valence electrons. The molecule has 0 unspecified atom stereocenters. The smallest absolute Gasteiger partial charge is 0.317 e. The molecule has 0 aromatic carbocycles. The summed E-state index contributed by atoms with van der Waals surface area (Å²) in [5.74, 6) is -1.07. The van der Waals surface area contributed by atoms with Crippen molar-refractivity contribution in [3.8, 4) is 0 Å². The molecule has 2 aliphatic heterocycles. The van der Waals surface area contributed by atoms with Crippen molar-refractivity contribution >= 4 is 21.7 Å². The van der Waals surface area contributed by atoms with E-state index in [4.69, 9.17) is 5.11 Å². The quantitative estimate of drug-likeness (QED) is 0.720. The number of amides is 1. The number of hydrogen-bond donors (Lipinski definition) is 2. The zero-order valence-corrected chi connectivity index (χ0v) is 14.4.